The number of anilines is 2. The second-order valence-corrected chi connectivity index (χ2v) is 15.3. The summed E-state index contributed by atoms with van der Waals surface area (Å²) in [7, 11) is -1.04. The Kier molecular flexibility index (Phi) is 16.1. The Balaban J connectivity index is 1.39. The number of aromatic nitrogens is 1. The summed E-state index contributed by atoms with van der Waals surface area (Å²) in [6.07, 6.45) is -5.09. The molecule has 52 heavy (non-hydrogen) atoms. The molecule has 0 spiro atoms. The van der Waals surface area contributed by atoms with Crippen LogP contribution in [0.3, 0.4) is 0 Å². The second-order valence-electron chi connectivity index (χ2n) is 11.9. The summed E-state index contributed by atoms with van der Waals surface area (Å²) in [5.74, 6) is 5.95. The Morgan fingerprint density at radius 2 is 1.75 bits per heavy atom. The number of sulfonamides is 1. The molecule has 1 aliphatic heterocycles. The van der Waals surface area contributed by atoms with Gasteiger partial charge in [0.1, 0.15) is 18.5 Å². The molecule has 4 N–H and O–H groups in total. The minimum absolute atomic E-state index is 0.00399. The number of hydrogen-bond donors (Lipinski definition) is 3. The van der Waals surface area contributed by atoms with Crippen LogP contribution in [0.5, 0.6) is 5.75 Å². The molecular weight excluding hydrogens is 823 g/mol. The fourth-order valence-electron chi connectivity index (χ4n) is 5.46. The van der Waals surface area contributed by atoms with Crippen LogP contribution in [0.4, 0.5) is 28.9 Å². The highest BCUT2D eigenvalue weighted by atomic mass is 127. The van der Waals surface area contributed by atoms with Crippen LogP contribution in [-0.2, 0) is 30.8 Å². The number of piperidine rings is 1. The van der Waals surface area contributed by atoms with Crippen molar-refractivity contribution in [2.24, 2.45) is 5.73 Å². The number of benzene rings is 2. The van der Waals surface area contributed by atoms with Gasteiger partial charge in [-0.3, -0.25) is 0 Å². The molecule has 0 aliphatic carbocycles. The van der Waals surface area contributed by atoms with Gasteiger partial charge in [0.2, 0.25) is 10.0 Å². The summed E-state index contributed by atoms with van der Waals surface area (Å²) in [5, 5.41) is 6.77. The molecule has 1 aromatic heterocycles. The van der Waals surface area contributed by atoms with Crippen molar-refractivity contribution in [3.8, 4) is 17.6 Å². The van der Waals surface area contributed by atoms with Crippen molar-refractivity contribution in [3.05, 3.63) is 48.2 Å². The fraction of sp³-hybridized carbons (Fsp3) is 0.529. The minimum Gasteiger partial charge on any atom is -0.495 e. The predicted octanol–water partition coefficient (Wildman–Crippen LogP) is 4.48. The van der Waals surface area contributed by atoms with E-state index in [1.165, 1.54) is 36.7 Å². The molecule has 2 aromatic carbocycles. The molecule has 0 amide bonds. The number of likely N-dealkylation sites (N-methyl/N-ethyl adjacent to an activating group) is 1. The van der Waals surface area contributed by atoms with Crippen LogP contribution in [0.2, 0.25) is 0 Å². The van der Waals surface area contributed by atoms with E-state index in [1.807, 2.05) is 3.11 Å². The molecule has 1 aliphatic rings. The zero-order valence-corrected chi connectivity index (χ0v) is 32.0. The van der Waals surface area contributed by atoms with Crippen LogP contribution in [0.25, 0.3) is 10.9 Å². The lowest BCUT2D eigenvalue weighted by atomic mass is 10.0. The van der Waals surface area contributed by atoms with E-state index < -0.39 is 35.0 Å². The van der Waals surface area contributed by atoms with Crippen LogP contribution in [0.15, 0.2) is 47.4 Å². The normalized spacial score (nSPS) is 16.9. The van der Waals surface area contributed by atoms with Crippen LogP contribution >= 0.6 is 22.9 Å². The van der Waals surface area contributed by atoms with Gasteiger partial charge in [-0.2, -0.15) is 17.5 Å². The van der Waals surface area contributed by atoms with Crippen molar-refractivity contribution < 1.29 is 44.9 Å². The van der Waals surface area contributed by atoms with Gasteiger partial charge in [0.25, 0.3) is 0 Å². The molecule has 2 heterocycles. The highest BCUT2D eigenvalue weighted by Gasteiger charge is 2.31. The average molecular weight is 869 g/mol. The molecule has 1 saturated heterocycles. The van der Waals surface area contributed by atoms with Gasteiger partial charge in [-0.1, -0.05) is 12.0 Å². The number of nitrogens with two attached hydrogens (primary N) is 1. The third-order valence-corrected chi connectivity index (χ3v) is 10.9. The smallest absolute Gasteiger partial charge is 0.406 e. The van der Waals surface area contributed by atoms with E-state index in [0.717, 1.165) is 4.57 Å². The van der Waals surface area contributed by atoms with E-state index >= 15 is 0 Å². The number of fused-ring (bicyclic) bond motifs is 1. The van der Waals surface area contributed by atoms with Crippen molar-refractivity contribution >= 4 is 55.2 Å². The first-order valence-corrected chi connectivity index (χ1v) is 19.0. The van der Waals surface area contributed by atoms with Gasteiger partial charge >= 0.3 is 6.18 Å². The van der Waals surface area contributed by atoms with E-state index in [4.69, 9.17) is 24.7 Å². The maximum atomic E-state index is 14.8. The zero-order chi connectivity index (χ0) is 37.7. The number of nitrogens with one attached hydrogen (secondary N) is 2. The Bertz CT molecular complexity index is 1770. The monoisotopic (exact) mass is 868 g/mol. The van der Waals surface area contributed by atoms with Gasteiger partial charge in [-0.25, -0.2) is 15.9 Å². The van der Waals surface area contributed by atoms with E-state index in [0.29, 0.717) is 74.8 Å². The molecule has 0 bridgehead atoms. The highest BCUT2D eigenvalue weighted by Crippen LogP contribution is 2.32. The zero-order valence-electron chi connectivity index (χ0n) is 29.1. The third kappa shape index (κ3) is 12.1. The number of ether oxygens (including phenoxy) is 4. The standard InChI is InChI=1S/C34H45F4IN6O6S/c1-43(14-16-50-18-20-51-19-17-49-15-11-40)52(46,47)26-8-9-31(33(22-26)48-2)41-12-4-5-25-21-27-29(42-30-10-13-44(39)23-28(30)35)6-3-7-32(27)45(25)24-34(36,37)38/h3,6-9,21-22,28,30,41-42H,10-20,23-24,40H2,1-2H3/t28-,30+/m0/s1. The molecule has 12 nitrogen and oxygen atoms in total. The predicted molar refractivity (Wildman–Crippen MR) is 200 cm³/mol. The Hall–Kier alpha value is -2.90. The summed E-state index contributed by atoms with van der Waals surface area (Å²) in [4.78, 5) is 0.00399. The van der Waals surface area contributed by atoms with Gasteiger partial charge in [0, 0.05) is 73.2 Å². The fourth-order valence-corrected chi connectivity index (χ4v) is 7.29. The van der Waals surface area contributed by atoms with Gasteiger partial charge in [0.05, 0.1) is 81.1 Å². The highest BCUT2D eigenvalue weighted by molar-refractivity contribution is 14.1. The third-order valence-electron chi connectivity index (χ3n) is 8.14. The summed E-state index contributed by atoms with van der Waals surface area (Å²) in [5.41, 5.74) is 6.80. The Labute approximate surface area is 315 Å². The molecule has 288 valence electrons. The average Bonchev–Trinajstić information content (AvgIpc) is 3.44. The van der Waals surface area contributed by atoms with E-state index in [-0.39, 0.29) is 42.6 Å². The van der Waals surface area contributed by atoms with Crippen LogP contribution in [0, 0.1) is 11.8 Å². The van der Waals surface area contributed by atoms with E-state index in [9.17, 15) is 26.0 Å². The van der Waals surface area contributed by atoms with Gasteiger partial charge < -0.3 is 39.9 Å². The first-order valence-electron chi connectivity index (χ1n) is 16.6. The molecular formula is C34H45F4IN6O6S. The summed E-state index contributed by atoms with van der Waals surface area (Å²) in [6, 6.07) is 10.4. The summed E-state index contributed by atoms with van der Waals surface area (Å²) >= 11 is 2.08. The van der Waals surface area contributed by atoms with Crippen LogP contribution < -0.4 is 21.1 Å². The van der Waals surface area contributed by atoms with Gasteiger partial charge in [0.15, 0.2) is 0 Å². The van der Waals surface area contributed by atoms with Crippen LogP contribution in [-0.4, -0.2) is 125 Å². The maximum Gasteiger partial charge on any atom is 0.406 e. The summed E-state index contributed by atoms with van der Waals surface area (Å²) < 4.78 is 108. The lowest BCUT2D eigenvalue weighted by Gasteiger charge is -2.32. The molecule has 0 radical (unpaired) electrons. The van der Waals surface area contributed by atoms with Crippen molar-refractivity contribution in [3.63, 3.8) is 0 Å². The van der Waals surface area contributed by atoms with Crippen molar-refractivity contribution in [2.75, 3.05) is 97.2 Å². The number of hydrogen-bond acceptors (Lipinski definition) is 10. The molecule has 18 heteroatoms. The molecule has 4 rings (SSSR count). The van der Waals surface area contributed by atoms with Gasteiger partial charge in [-0.05, 0) is 42.7 Å². The maximum absolute atomic E-state index is 14.8. The second kappa shape index (κ2) is 20.0. The number of nitrogens with zero attached hydrogens (tertiary/aromatic N) is 3. The van der Waals surface area contributed by atoms with Gasteiger partial charge in [-0.15, -0.1) is 0 Å². The number of alkyl halides is 4. The first-order chi connectivity index (χ1) is 24.8. The molecule has 3 aromatic rings. The van der Waals surface area contributed by atoms with E-state index in [1.54, 1.807) is 24.3 Å². The lowest BCUT2D eigenvalue weighted by molar-refractivity contribution is -0.140. The van der Waals surface area contributed by atoms with Crippen molar-refractivity contribution in [1.82, 2.24) is 12.0 Å². The topological polar surface area (TPSA) is 133 Å². The Morgan fingerprint density at radius 1 is 1.04 bits per heavy atom. The summed E-state index contributed by atoms with van der Waals surface area (Å²) in [6.45, 7) is 2.37. The van der Waals surface area contributed by atoms with Crippen molar-refractivity contribution in [2.45, 2.75) is 36.3 Å². The first kappa shape index (κ1) is 41.9. The largest absolute Gasteiger partial charge is 0.495 e. The SMILES string of the molecule is COc1cc(S(=O)(=O)N(C)CCOCCOCCOCCN)ccc1NCC#Cc1cc2c(N[C@@H]3CCN(I)C[C@@H]3F)cccc2n1CC(F)(F)F. The quantitative estimate of drug-likeness (QED) is 0.0522. The number of rotatable bonds is 19. The Morgan fingerprint density at radius 3 is 2.42 bits per heavy atom. The molecule has 1 fully saturated rings. The van der Waals surface area contributed by atoms with Crippen LogP contribution in [0.1, 0.15) is 12.1 Å². The number of methoxy groups -OCH3 is 1. The lowest BCUT2D eigenvalue weighted by Crippen LogP contribution is -2.44. The number of halogens is 5. The van der Waals surface area contributed by atoms with E-state index in [2.05, 4.69) is 45.3 Å². The molecule has 2 atom stereocenters. The minimum atomic E-state index is -4.51. The molecule has 0 saturated carbocycles. The van der Waals surface area contributed by atoms with Crippen molar-refractivity contribution in [1.29, 1.82) is 0 Å². The molecule has 0 unspecified atom stereocenters.